The molecule has 2 aromatic rings. The number of aromatic nitrogens is 2. The van der Waals surface area contributed by atoms with Crippen LogP contribution < -0.4 is 0 Å². The molecule has 0 aliphatic heterocycles. The number of aromatic carboxylic acids is 1. The van der Waals surface area contributed by atoms with Crippen molar-refractivity contribution >= 4 is 40.1 Å². The van der Waals surface area contributed by atoms with Crippen LogP contribution in [-0.4, -0.2) is 21.0 Å². The summed E-state index contributed by atoms with van der Waals surface area (Å²) in [5, 5.41) is 9.50. The third-order valence-corrected chi connectivity index (χ3v) is 2.33. The van der Waals surface area contributed by atoms with Crippen molar-refractivity contribution in [2.75, 3.05) is 0 Å². The lowest BCUT2D eigenvalue weighted by Crippen LogP contribution is -2.03. The molecule has 0 radical (unpaired) electrons. The van der Waals surface area contributed by atoms with Crippen LogP contribution in [0.2, 0.25) is 10.3 Å². The van der Waals surface area contributed by atoms with E-state index in [-0.39, 0.29) is 11.0 Å². The summed E-state index contributed by atoms with van der Waals surface area (Å²) in [7, 11) is 0. The van der Waals surface area contributed by atoms with Crippen molar-refractivity contribution in [3.8, 4) is 0 Å². The average molecular weight is 243 g/mol. The smallest absolute Gasteiger partial charge is 0.355 e. The fraction of sp³-hybridized carbons (Fsp3) is 0. The lowest BCUT2D eigenvalue weighted by molar-refractivity contribution is 0.0692. The number of benzene rings is 1. The van der Waals surface area contributed by atoms with Gasteiger partial charge in [-0.3, -0.25) is 0 Å². The predicted octanol–water partition coefficient (Wildman–Crippen LogP) is 2.63. The van der Waals surface area contributed by atoms with E-state index in [1.54, 1.807) is 18.2 Å². The molecule has 0 amide bonds. The Hall–Kier alpha value is -1.39. The molecule has 1 aromatic heterocycles. The second-order valence-electron chi connectivity index (χ2n) is 2.78. The van der Waals surface area contributed by atoms with E-state index in [0.29, 0.717) is 15.9 Å². The quantitative estimate of drug-likeness (QED) is 0.782. The Balaban J connectivity index is 2.92. The molecule has 1 N–H and O–H groups in total. The van der Waals surface area contributed by atoms with E-state index < -0.39 is 5.97 Å². The largest absolute Gasteiger partial charge is 0.476 e. The zero-order chi connectivity index (χ0) is 11.0. The van der Waals surface area contributed by atoms with Gasteiger partial charge < -0.3 is 5.11 Å². The van der Waals surface area contributed by atoms with Gasteiger partial charge in [0.1, 0.15) is 0 Å². The van der Waals surface area contributed by atoms with Crippen molar-refractivity contribution in [1.29, 1.82) is 0 Å². The molecule has 0 atom stereocenters. The molecule has 6 heteroatoms. The molecule has 0 unspecified atom stereocenters. The number of hydrogen-bond acceptors (Lipinski definition) is 3. The second kappa shape index (κ2) is 3.64. The molecule has 15 heavy (non-hydrogen) atoms. The highest BCUT2D eigenvalue weighted by molar-refractivity contribution is 6.36. The van der Waals surface area contributed by atoms with E-state index in [2.05, 4.69) is 9.97 Å². The minimum atomic E-state index is -1.16. The first-order chi connectivity index (χ1) is 7.09. The van der Waals surface area contributed by atoms with Crippen LogP contribution in [0, 0.1) is 0 Å². The molecule has 1 heterocycles. The fourth-order valence-electron chi connectivity index (χ4n) is 1.25. The number of nitrogens with zero attached hydrogens (tertiary/aromatic N) is 2. The van der Waals surface area contributed by atoms with Gasteiger partial charge in [-0.05, 0) is 17.7 Å². The van der Waals surface area contributed by atoms with E-state index in [1.807, 2.05) is 0 Å². The van der Waals surface area contributed by atoms with Crippen LogP contribution in [0.1, 0.15) is 10.5 Å². The first-order valence-corrected chi connectivity index (χ1v) is 4.70. The predicted molar refractivity (Wildman–Crippen MR) is 56.5 cm³/mol. The van der Waals surface area contributed by atoms with Gasteiger partial charge in [-0.2, -0.15) is 0 Å². The molecule has 0 spiro atoms. The standard InChI is InChI=1S/C9H4Cl2N2O2/c10-5-3-1-2-4-6(5)12-9(11)13-7(4)8(14)15/h1-3H,(H,14,15). The maximum absolute atomic E-state index is 10.9. The Morgan fingerprint density at radius 1 is 1.27 bits per heavy atom. The third-order valence-electron chi connectivity index (χ3n) is 1.85. The normalized spacial score (nSPS) is 10.5. The van der Waals surface area contributed by atoms with Crippen LogP contribution in [0.4, 0.5) is 0 Å². The van der Waals surface area contributed by atoms with Crippen molar-refractivity contribution in [3.63, 3.8) is 0 Å². The SMILES string of the molecule is O=C(O)c1nc(Cl)nc2c(Cl)cccc12. The van der Waals surface area contributed by atoms with Gasteiger partial charge in [-0.1, -0.05) is 23.7 Å². The molecule has 4 nitrogen and oxygen atoms in total. The van der Waals surface area contributed by atoms with E-state index in [4.69, 9.17) is 28.3 Å². The summed E-state index contributed by atoms with van der Waals surface area (Å²) in [4.78, 5) is 18.4. The maximum Gasteiger partial charge on any atom is 0.355 e. The van der Waals surface area contributed by atoms with Crippen LogP contribution in [0.5, 0.6) is 0 Å². The summed E-state index contributed by atoms with van der Waals surface area (Å²) >= 11 is 11.5. The zero-order valence-corrected chi connectivity index (χ0v) is 8.75. The summed E-state index contributed by atoms with van der Waals surface area (Å²) in [5.41, 5.74) is 0.198. The van der Waals surface area contributed by atoms with Crippen LogP contribution >= 0.6 is 23.2 Å². The molecule has 0 saturated carbocycles. The van der Waals surface area contributed by atoms with Crippen molar-refractivity contribution in [3.05, 3.63) is 34.2 Å². The molecular weight excluding hydrogens is 239 g/mol. The van der Waals surface area contributed by atoms with Crippen LogP contribution in [0.25, 0.3) is 10.9 Å². The topological polar surface area (TPSA) is 63.1 Å². The highest BCUT2D eigenvalue weighted by Crippen LogP contribution is 2.24. The van der Waals surface area contributed by atoms with Gasteiger partial charge in [0.2, 0.25) is 5.28 Å². The molecular formula is C9H4Cl2N2O2. The molecule has 0 fully saturated rings. The summed E-state index contributed by atoms with van der Waals surface area (Å²) in [6.07, 6.45) is 0. The van der Waals surface area contributed by atoms with Gasteiger partial charge in [0.05, 0.1) is 10.5 Å². The van der Waals surface area contributed by atoms with Crippen molar-refractivity contribution in [2.24, 2.45) is 0 Å². The number of para-hydroxylation sites is 1. The summed E-state index contributed by atoms with van der Waals surface area (Å²) in [6, 6.07) is 4.83. The van der Waals surface area contributed by atoms with Gasteiger partial charge in [-0.25, -0.2) is 14.8 Å². The van der Waals surface area contributed by atoms with Gasteiger partial charge in [0.15, 0.2) is 5.69 Å². The molecule has 2 rings (SSSR count). The Morgan fingerprint density at radius 3 is 2.67 bits per heavy atom. The zero-order valence-electron chi connectivity index (χ0n) is 7.24. The number of carboxylic acid groups (broad SMARTS) is 1. The Labute approximate surface area is 94.5 Å². The van der Waals surface area contributed by atoms with Crippen LogP contribution in [-0.2, 0) is 0 Å². The maximum atomic E-state index is 10.9. The number of carbonyl (C=O) groups is 1. The Bertz CT molecular complexity index is 557. The molecule has 0 aliphatic carbocycles. The van der Waals surface area contributed by atoms with Crippen molar-refractivity contribution in [2.45, 2.75) is 0 Å². The molecule has 1 aromatic carbocycles. The fourth-order valence-corrected chi connectivity index (χ4v) is 1.64. The van der Waals surface area contributed by atoms with Crippen LogP contribution in [0.15, 0.2) is 18.2 Å². The highest BCUT2D eigenvalue weighted by Gasteiger charge is 2.14. The molecule has 76 valence electrons. The number of hydrogen-bond donors (Lipinski definition) is 1. The average Bonchev–Trinajstić information content (AvgIpc) is 2.18. The lowest BCUT2D eigenvalue weighted by Gasteiger charge is -2.02. The number of rotatable bonds is 1. The summed E-state index contributed by atoms with van der Waals surface area (Å²) in [6.45, 7) is 0. The minimum absolute atomic E-state index is 0.131. The highest BCUT2D eigenvalue weighted by atomic mass is 35.5. The lowest BCUT2D eigenvalue weighted by atomic mass is 10.2. The number of halogens is 2. The Morgan fingerprint density at radius 2 is 2.00 bits per heavy atom. The van der Waals surface area contributed by atoms with E-state index >= 15 is 0 Å². The van der Waals surface area contributed by atoms with E-state index in [1.165, 1.54) is 0 Å². The number of carboxylic acids is 1. The van der Waals surface area contributed by atoms with E-state index in [9.17, 15) is 4.79 Å². The molecule has 0 saturated heterocycles. The van der Waals surface area contributed by atoms with Gasteiger partial charge in [0.25, 0.3) is 0 Å². The second-order valence-corrected chi connectivity index (χ2v) is 3.53. The van der Waals surface area contributed by atoms with Gasteiger partial charge in [-0.15, -0.1) is 0 Å². The monoisotopic (exact) mass is 242 g/mol. The molecule has 0 aliphatic rings. The van der Waals surface area contributed by atoms with Crippen molar-refractivity contribution in [1.82, 2.24) is 9.97 Å². The summed E-state index contributed by atoms with van der Waals surface area (Å²) in [5.74, 6) is -1.16. The van der Waals surface area contributed by atoms with Crippen molar-refractivity contribution < 1.29 is 9.90 Å². The first kappa shape index (κ1) is 10.1. The number of fused-ring (bicyclic) bond motifs is 1. The van der Waals surface area contributed by atoms with Crippen LogP contribution in [0.3, 0.4) is 0 Å². The van der Waals surface area contributed by atoms with Gasteiger partial charge >= 0.3 is 5.97 Å². The Kier molecular flexibility index (Phi) is 2.46. The summed E-state index contributed by atoms with van der Waals surface area (Å²) < 4.78 is 0. The molecule has 0 bridgehead atoms. The van der Waals surface area contributed by atoms with Gasteiger partial charge in [0, 0.05) is 5.39 Å². The van der Waals surface area contributed by atoms with E-state index in [0.717, 1.165) is 0 Å². The minimum Gasteiger partial charge on any atom is -0.476 e. The third kappa shape index (κ3) is 1.73. The first-order valence-electron chi connectivity index (χ1n) is 3.94.